The second-order valence-electron chi connectivity index (χ2n) is 6.21. The standard InChI is InChI=1S/C16H22N4O2S/c1-10(2)16-19-12(8-23-16)15(21)18-11-4-5-22-14(6-11)13-7-17-9-20(13)3/h7-11,14H,4-6H2,1-3H3,(H,18,21)/t11-,14-/m1/s1. The Hall–Kier alpha value is -1.73. The van der Waals surface area contributed by atoms with Gasteiger partial charge in [-0.3, -0.25) is 4.79 Å². The van der Waals surface area contributed by atoms with Crippen molar-refractivity contribution in [3.63, 3.8) is 0 Å². The van der Waals surface area contributed by atoms with E-state index in [1.807, 2.05) is 23.2 Å². The highest BCUT2D eigenvalue weighted by atomic mass is 32.1. The molecule has 1 N–H and O–H groups in total. The van der Waals surface area contributed by atoms with E-state index < -0.39 is 0 Å². The van der Waals surface area contributed by atoms with Crippen molar-refractivity contribution in [1.29, 1.82) is 0 Å². The summed E-state index contributed by atoms with van der Waals surface area (Å²) < 4.78 is 7.79. The maximum absolute atomic E-state index is 12.4. The van der Waals surface area contributed by atoms with Crippen LogP contribution in [-0.2, 0) is 11.8 Å². The Morgan fingerprint density at radius 1 is 1.52 bits per heavy atom. The van der Waals surface area contributed by atoms with Gasteiger partial charge in [0.1, 0.15) is 11.8 Å². The van der Waals surface area contributed by atoms with Gasteiger partial charge in [0.25, 0.3) is 5.91 Å². The van der Waals surface area contributed by atoms with Crippen molar-refractivity contribution in [2.75, 3.05) is 6.61 Å². The van der Waals surface area contributed by atoms with Crippen molar-refractivity contribution in [3.8, 4) is 0 Å². The molecule has 1 aliphatic heterocycles. The molecule has 0 aliphatic carbocycles. The number of hydrogen-bond acceptors (Lipinski definition) is 5. The molecule has 124 valence electrons. The number of carbonyl (C=O) groups excluding carboxylic acids is 1. The minimum absolute atomic E-state index is 0.0248. The molecule has 6 nitrogen and oxygen atoms in total. The fourth-order valence-electron chi connectivity index (χ4n) is 2.73. The Morgan fingerprint density at radius 3 is 3.00 bits per heavy atom. The van der Waals surface area contributed by atoms with Crippen LogP contribution in [0.25, 0.3) is 0 Å². The van der Waals surface area contributed by atoms with Crippen molar-refractivity contribution >= 4 is 17.2 Å². The Balaban J connectivity index is 1.63. The van der Waals surface area contributed by atoms with Crippen LogP contribution in [0.5, 0.6) is 0 Å². The van der Waals surface area contributed by atoms with E-state index in [0.29, 0.717) is 18.2 Å². The highest BCUT2D eigenvalue weighted by molar-refractivity contribution is 7.09. The number of ether oxygens (including phenoxy) is 1. The molecule has 1 amide bonds. The van der Waals surface area contributed by atoms with E-state index in [4.69, 9.17) is 4.74 Å². The molecule has 1 aliphatic rings. The number of amides is 1. The third-order valence-electron chi connectivity index (χ3n) is 4.05. The van der Waals surface area contributed by atoms with Gasteiger partial charge in [0.15, 0.2) is 0 Å². The molecule has 23 heavy (non-hydrogen) atoms. The number of aromatic nitrogens is 3. The van der Waals surface area contributed by atoms with Gasteiger partial charge in [-0.15, -0.1) is 11.3 Å². The molecule has 2 aromatic rings. The van der Waals surface area contributed by atoms with Gasteiger partial charge in [0.2, 0.25) is 0 Å². The zero-order chi connectivity index (χ0) is 16.4. The molecule has 0 spiro atoms. The first-order valence-electron chi connectivity index (χ1n) is 7.88. The van der Waals surface area contributed by atoms with Crippen molar-refractivity contribution in [1.82, 2.24) is 19.9 Å². The molecule has 2 atom stereocenters. The van der Waals surface area contributed by atoms with Crippen LogP contribution in [0.3, 0.4) is 0 Å². The van der Waals surface area contributed by atoms with E-state index in [9.17, 15) is 4.79 Å². The zero-order valence-corrected chi connectivity index (χ0v) is 14.5. The smallest absolute Gasteiger partial charge is 0.270 e. The lowest BCUT2D eigenvalue weighted by Gasteiger charge is -2.30. The minimum atomic E-state index is -0.0937. The lowest BCUT2D eigenvalue weighted by Crippen LogP contribution is -2.40. The van der Waals surface area contributed by atoms with E-state index in [-0.39, 0.29) is 18.1 Å². The summed E-state index contributed by atoms with van der Waals surface area (Å²) in [5, 5.41) is 5.93. The Morgan fingerprint density at radius 2 is 2.35 bits per heavy atom. The molecule has 1 fully saturated rings. The van der Waals surface area contributed by atoms with E-state index in [0.717, 1.165) is 23.5 Å². The maximum Gasteiger partial charge on any atom is 0.270 e. The maximum atomic E-state index is 12.4. The number of imidazole rings is 1. The quantitative estimate of drug-likeness (QED) is 0.933. The van der Waals surface area contributed by atoms with Crippen molar-refractivity contribution in [3.05, 3.63) is 34.3 Å². The monoisotopic (exact) mass is 334 g/mol. The third-order valence-corrected chi connectivity index (χ3v) is 5.20. The molecule has 2 aromatic heterocycles. The van der Waals surface area contributed by atoms with Crippen LogP contribution in [-0.4, -0.2) is 33.1 Å². The van der Waals surface area contributed by atoms with Crippen LogP contribution in [0.2, 0.25) is 0 Å². The van der Waals surface area contributed by atoms with E-state index >= 15 is 0 Å². The Kier molecular flexibility index (Phi) is 4.77. The molecular formula is C16H22N4O2S. The summed E-state index contributed by atoms with van der Waals surface area (Å²) in [4.78, 5) is 20.9. The third kappa shape index (κ3) is 3.61. The highest BCUT2D eigenvalue weighted by Gasteiger charge is 2.27. The van der Waals surface area contributed by atoms with Gasteiger partial charge in [0, 0.05) is 31.0 Å². The topological polar surface area (TPSA) is 69.0 Å². The molecule has 1 saturated heterocycles. The second-order valence-corrected chi connectivity index (χ2v) is 7.10. The summed E-state index contributed by atoms with van der Waals surface area (Å²) in [7, 11) is 1.95. The average molecular weight is 334 g/mol. The molecule has 0 radical (unpaired) electrons. The summed E-state index contributed by atoms with van der Waals surface area (Å²) in [5.41, 5.74) is 1.56. The van der Waals surface area contributed by atoms with Gasteiger partial charge in [-0.25, -0.2) is 9.97 Å². The summed E-state index contributed by atoms with van der Waals surface area (Å²) in [6.45, 7) is 4.80. The normalized spacial score (nSPS) is 21.6. The lowest BCUT2D eigenvalue weighted by molar-refractivity contribution is -0.00304. The number of aryl methyl sites for hydroxylation is 1. The number of carbonyl (C=O) groups is 1. The summed E-state index contributed by atoms with van der Waals surface area (Å²) in [6.07, 6.45) is 5.14. The number of nitrogens with one attached hydrogen (secondary N) is 1. The Labute approximate surface area is 139 Å². The Bertz CT molecular complexity index is 679. The van der Waals surface area contributed by atoms with E-state index in [1.165, 1.54) is 0 Å². The summed E-state index contributed by atoms with van der Waals surface area (Å²) in [6, 6.07) is 0.0975. The molecular weight excluding hydrogens is 312 g/mol. The van der Waals surface area contributed by atoms with Crippen LogP contribution in [0, 0.1) is 0 Å². The number of rotatable bonds is 4. The molecule has 0 bridgehead atoms. The average Bonchev–Trinajstić information content (AvgIpc) is 3.16. The van der Waals surface area contributed by atoms with Crippen molar-refractivity contribution < 1.29 is 9.53 Å². The van der Waals surface area contributed by atoms with Gasteiger partial charge >= 0.3 is 0 Å². The minimum Gasteiger partial charge on any atom is -0.372 e. The van der Waals surface area contributed by atoms with E-state index in [2.05, 4.69) is 29.1 Å². The fraction of sp³-hybridized carbons (Fsp3) is 0.562. The van der Waals surface area contributed by atoms with Crippen LogP contribution >= 0.6 is 11.3 Å². The highest BCUT2D eigenvalue weighted by Crippen LogP contribution is 2.28. The van der Waals surface area contributed by atoms with Crippen LogP contribution in [0.15, 0.2) is 17.9 Å². The van der Waals surface area contributed by atoms with Crippen LogP contribution in [0.1, 0.15) is 59.9 Å². The van der Waals surface area contributed by atoms with E-state index in [1.54, 1.807) is 17.7 Å². The first-order valence-corrected chi connectivity index (χ1v) is 8.76. The second kappa shape index (κ2) is 6.80. The predicted molar refractivity (Wildman–Crippen MR) is 88.6 cm³/mol. The molecule has 0 aromatic carbocycles. The molecule has 0 unspecified atom stereocenters. The summed E-state index contributed by atoms with van der Waals surface area (Å²) >= 11 is 1.54. The van der Waals surface area contributed by atoms with Gasteiger partial charge in [-0.05, 0) is 12.8 Å². The van der Waals surface area contributed by atoms with Crippen LogP contribution < -0.4 is 5.32 Å². The van der Waals surface area contributed by atoms with Gasteiger partial charge in [-0.1, -0.05) is 13.8 Å². The fourth-order valence-corrected chi connectivity index (χ4v) is 3.54. The SMILES string of the molecule is CC(C)c1nc(C(=O)N[C@@H]2CCO[C@@H](c3cncn3C)C2)cs1. The zero-order valence-electron chi connectivity index (χ0n) is 13.7. The predicted octanol–water partition coefficient (Wildman–Crippen LogP) is 2.65. The lowest BCUT2D eigenvalue weighted by atomic mass is 10.0. The van der Waals surface area contributed by atoms with Gasteiger partial charge in [-0.2, -0.15) is 0 Å². The largest absolute Gasteiger partial charge is 0.372 e. The van der Waals surface area contributed by atoms with Crippen molar-refractivity contribution in [2.24, 2.45) is 7.05 Å². The van der Waals surface area contributed by atoms with Gasteiger partial charge in [0.05, 0.1) is 23.2 Å². The first-order chi connectivity index (χ1) is 11.0. The summed E-state index contributed by atoms with van der Waals surface area (Å²) in [5.74, 6) is 0.252. The first kappa shape index (κ1) is 16.1. The molecule has 7 heteroatoms. The molecule has 3 rings (SSSR count). The van der Waals surface area contributed by atoms with Gasteiger partial charge < -0.3 is 14.6 Å². The number of thiazole rings is 1. The number of nitrogens with zero attached hydrogens (tertiary/aromatic N) is 3. The molecule has 3 heterocycles. The number of hydrogen-bond donors (Lipinski definition) is 1. The van der Waals surface area contributed by atoms with Crippen molar-refractivity contribution in [2.45, 2.75) is 44.8 Å². The molecule has 0 saturated carbocycles. The van der Waals surface area contributed by atoms with Crippen LogP contribution in [0.4, 0.5) is 0 Å².